The van der Waals surface area contributed by atoms with Gasteiger partial charge < -0.3 is 10.8 Å². The maximum atomic E-state index is 10.9. The lowest BCUT2D eigenvalue weighted by molar-refractivity contribution is -0.148. The van der Waals surface area contributed by atoms with Crippen LogP contribution >= 0.6 is 0 Å². The molecule has 4 heteroatoms. The second kappa shape index (κ2) is 2.00. The fraction of sp³-hybridized carbons (Fsp3) is 0.750. The fourth-order valence-electron chi connectivity index (χ4n) is 1.99. The molecule has 2 atom stereocenters. The van der Waals surface area contributed by atoms with Crippen molar-refractivity contribution in [1.29, 1.82) is 0 Å². The van der Waals surface area contributed by atoms with Crippen LogP contribution in [-0.4, -0.2) is 17.0 Å². The van der Waals surface area contributed by atoms with Gasteiger partial charge in [0.15, 0.2) is 0 Å². The molecule has 2 fully saturated rings. The Morgan fingerprint density at radius 2 is 2.00 bits per heavy atom. The fourth-order valence-corrected chi connectivity index (χ4v) is 1.99. The number of aliphatic carboxylic acids is 1. The summed E-state index contributed by atoms with van der Waals surface area (Å²) in [5, 5.41) is 8.82. The highest BCUT2D eigenvalue weighted by Gasteiger charge is 2.69. The van der Waals surface area contributed by atoms with Crippen molar-refractivity contribution < 1.29 is 14.7 Å². The van der Waals surface area contributed by atoms with Gasteiger partial charge in [-0.15, -0.1) is 0 Å². The molecule has 0 bridgehead atoms. The molecule has 4 nitrogen and oxygen atoms in total. The summed E-state index contributed by atoms with van der Waals surface area (Å²) in [4.78, 5) is 21.7. The van der Waals surface area contributed by atoms with Gasteiger partial charge in [0.2, 0.25) is 5.91 Å². The van der Waals surface area contributed by atoms with E-state index in [-0.39, 0.29) is 5.92 Å². The molecule has 66 valence electrons. The number of hydrogen-bond acceptors (Lipinski definition) is 2. The summed E-state index contributed by atoms with van der Waals surface area (Å²) in [5.41, 5.74) is 3.88. The number of hydrogen-bond donors (Lipinski definition) is 2. The molecule has 0 spiro atoms. The number of carbonyl (C=O) groups excluding carboxylic acids is 1. The van der Waals surface area contributed by atoms with Gasteiger partial charge in [-0.1, -0.05) is 0 Å². The highest BCUT2D eigenvalue weighted by atomic mass is 16.4. The zero-order valence-electron chi connectivity index (χ0n) is 6.62. The maximum absolute atomic E-state index is 10.9. The van der Waals surface area contributed by atoms with E-state index in [0.717, 1.165) is 12.8 Å². The van der Waals surface area contributed by atoms with Crippen LogP contribution in [0.2, 0.25) is 0 Å². The van der Waals surface area contributed by atoms with E-state index in [4.69, 9.17) is 10.8 Å². The average molecular weight is 169 g/mol. The van der Waals surface area contributed by atoms with Gasteiger partial charge in [-0.05, 0) is 31.1 Å². The quantitative estimate of drug-likeness (QED) is 0.582. The third kappa shape index (κ3) is 0.777. The number of primary amides is 1. The van der Waals surface area contributed by atoms with Crippen LogP contribution in [0.4, 0.5) is 0 Å². The van der Waals surface area contributed by atoms with E-state index in [0.29, 0.717) is 12.3 Å². The molecule has 0 aliphatic heterocycles. The van der Waals surface area contributed by atoms with Crippen molar-refractivity contribution in [3.8, 4) is 0 Å². The highest BCUT2D eigenvalue weighted by molar-refractivity contribution is 6.04. The van der Waals surface area contributed by atoms with Crippen LogP contribution in [0.15, 0.2) is 0 Å². The van der Waals surface area contributed by atoms with E-state index < -0.39 is 17.3 Å². The van der Waals surface area contributed by atoms with Crippen molar-refractivity contribution in [1.82, 2.24) is 0 Å². The second-order valence-corrected chi connectivity index (χ2v) is 3.79. The minimum Gasteiger partial charge on any atom is -0.480 e. The summed E-state index contributed by atoms with van der Waals surface area (Å²) in [7, 11) is 0. The SMILES string of the molecule is NC(=O)C1(C(=O)O)CC1C1CC1. The molecule has 0 aromatic heterocycles. The van der Waals surface area contributed by atoms with Crippen molar-refractivity contribution in [3.63, 3.8) is 0 Å². The molecule has 0 heterocycles. The van der Waals surface area contributed by atoms with Crippen molar-refractivity contribution in [2.45, 2.75) is 19.3 Å². The van der Waals surface area contributed by atoms with E-state index >= 15 is 0 Å². The van der Waals surface area contributed by atoms with Crippen molar-refractivity contribution in [3.05, 3.63) is 0 Å². The normalized spacial score (nSPS) is 39.2. The molecule has 2 saturated carbocycles. The Labute approximate surface area is 69.7 Å². The number of carboxylic acid groups (broad SMARTS) is 1. The smallest absolute Gasteiger partial charge is 0.319 e. The Balaban J connectivity index is 2.16. The summed E-state index contributed by atoms with van der Waals surface area (Å²) in [6.07, 6.45) is 2.59. The zero-order valence-corrected chi connectivity index (χ0v) is 6.62. The molecule has 0 saturated heterocycles. The van der Waals surface area contributed by atoms with E-state index in [1.54, 1.807) is 0 Å². The molecular weight excluding hydrogens is 158 g/mol. The van der Waals surface area contributed by atoms with Crippen LogP contribution in [0.3, 0.4) is 0 Å². The predicted octanol–water partition coefficient (Wildman–Crippen LogP) is -0.0274. The highest BCUT2D eigenvalue weighted by Crippen LogP contribution is 2.62. The first kappa shape index (κ1) is 7.58. The number of nitrogens with two attached hydrogens (primary N) is 1. The summed E-state index contributed by atoms with van der Waals surface area (Å²) >= 11 is 0. The van der Waals surface area contributed by atoms with Gasteiger partial charge in [0, 0.05) is 0 Å². The lowest BCUT2D eigenvalue weighted by atomic mass is 10.0. The van der Waals surface area contributed by atoms with Gasteiger partial charge in [-0.25, -0.2) is 0 Å². The summed E-state index contributed by atoms with van der Waals surface area (Å²) in [6, 6.07) is 0. The van der Waals surface area contributed by atoms with Crippen LogP contribution in [0.25, 0.3) is 0 Å². The molecular formula is C8H11NO3. The molecule has 2 aliphatic carbocycles. The minimum atomic E-state index is -1.19. The molecule has 0 aromatic rings. The van der Waals surface area contributed by atoms with Crippen LogP contribution in [-0.2, 0) is 9.59 Å². The molecule has 0 aromatic carbocycles. The zero-order chi connectivity index (χ0) is 8.93. The van der Waals surface area contributed by atoms with Crippen molar-refractivity contribution >= 4 is 11.9 Å². The number of carbonyl (C=O) groups is 2. The monoisotopic (exact) mass is 169 g/mol. The molecule has 2 unspecified atom stereocenters. The van der Waals surface area contributed by atoms with E-state index in [9.17, 15) is 9.59 Å². The predicted molar refractivity (Wildman–Crippen MR) is 40.1 cm³/mol. The first-order valence-electron chi connectivity index (χ1n) is 4.12. The first-order chi connectivity index (χ1) is 5.59. The Bertz CT molecular complexity index is 243. The minimum absolute atomic E-state index is 0.0347. The Kier molecular flexibility index (Phi) is 1.26. The largest absolute Gasteiger partial charge is 0.480 e. The molecule has 1 amide bonds. The van der Waals surface area contributed by atoms with Gasteiger partial charge in [-0.3, -0.25) is 9.59 Å². The third-order valence-corrected chi connectivity index (χ3v) is 3.03. The maximum Gasteiger partial charge on any atom is 0.319 e. The van der Waals surface area contributed by atoms with Gasteiger partial charge in [0.1, 0.15) is 5.41 Å². The molecule has 12 heavy (non-hydrogen) atoms. The molecule has 0 radical (unpaired) electrons. The topological polar surface area (TPSA) is 80.4 Å². The second-order valence-electron chi connectivity index (χ2n) is 3.79. The Morgan fingerprint density at radius 1 is 1.42 bits per heavy atom. The molecule has 3 N–H and O–H groups in total. The van der Waals surface area contributed by atoms with Crippen LogP contribution < -0.4 is 5.73 Å². The van der Waals surface area contributed by atoms with Gasteiger partial charge in [0.05, 0.1) is 0 Å². The first-order valence-corrected chi connectivity index (χ1v) is 4.12. The standard InChI is InChI=1S/C8H11NO3/c9-6(10)8(7(11)12)3-5(8)4-1-2-4/h4-5H,1-3H2,(H2,9,10)(H,11,12). The van der Waals surface area contributed by atoms with E-state index in [1.165, 1.54) is 0 Å². The van der Waals surface area contributed by atoms with Gasteiger partial charge in [-0.2, -0.15) is 0 Å². The summed E-state index contributed by atoms with van der Waals surface area (Å²) in [5.74, 6) is -1.21. The van der Waals surface area contributed by atoms with Crippen molar-refractivity contribution in [2.24, 2.45) is 23.0 Å². The molecule has 2 rings (SSSR count). The summed E-state index contributed by atoms with van der Waals surface area (Å²) < 4.78 is 0. The average Bonchev–Trinajstić information content (AvgIpc) is 2.82. The lowest BCUT2D eigenvalue weighted by Gasteiger charge is -2.05. The van der Waals surface area contributed by atoms with Gasteiger partial charge in [0.25, 0.3) is 0 Å². The number of carboxylic acids is 1. The van der Waals surface area contributed by atoms with Crippen LogP contribution in [0, 0.1) is 17.3 Å². The van der Waals surface area contributed by atoms with Crippen molar-refractivity contribution in [2.75, 3.05) is 0 Å². The Morgan fingerprint density at radius 3 is 2.25 bits per heavy atom. The number of rotatable bonds is 3. The van der Waals surface area contributed by atoms with E-state index in [2.05, 4.69) is 0 Å². The molecule has 2 aliphatic rings. The van der Waals surface area contributed by atoms with Gasteiger partial charge >= 0.3 is 5.97 Å². The van der Waals surface area contributed by atoms with Crippen LogP contribution in [0.1, 0.15) is 19.3 Å². The summed E-state index contributed by atoms with van der Waals surface area (Å²) in [6.45, 7) is 0. The lowest BCUT2D eigenvalue weighted by Crippen LogP contribution is -2.34. The van der Waals surface area contributed by atoms with Crippen LogP contribution in [0.5, 0.6) is 0 Å². The third-order valence-electron chi connectivity index (χ3n) is 3.03. The number of amides is 1. The Hall–Kier alpha value is -1.06. The van der Waals surface area contributed by atoms with E-state index in [1.807, 2.05) is 0 Å².